The first-order chi connectivity index (χ1) is 19.1. The Hall–Kier alpha value is -4.12. The van der Waals surface area contributed by atoms with E-state index in [0.29, 0.717) is 49.1 Å². The average molecular weight is 540 g/mol. The summed E-state index contributed by atoms with van der Waals surface area (Å²) in [4.78, 5) is 19.2. The van der Waals surface area contributed by atoms with Crippen LogP contribution in [0.3, 0.4) is 0 Å². The molecule has 1 N–H and O–H groups in total. The predicted octanol–water partition coefficient (Wildman–Crippen LogP) is 4.97. The molecular weight excluding hydrogens is 510 g/mol. The molecule has 1 fully saturated rings. The molecule has 3 aromatic carbocycles. The van der Waals surface area contributed by atoms with Gasteiger partial charge in [0.1, 0.15) is 11.8 Å². The Labute approximate surface area is 233 Å². The van der Waals surface area contributed by atoms with E-state index in [2.05, 4.69) is 28.5 Å². The number of hydrogen-bond acceptors (Lipinski definition) is 5. The van der Waals surface area contributed by atoms with Crippen molar-refractivity contribution in [1.82, 2.24) is 19.8 Å². The summed E-state index contributed by atoms with van der Waals surface area (Å²) < 4.78 is 8.05. The fourth-order valence-electron chi connectivity index (χ4n) is 4.80. The molecule has 1 aliphatic heterocycles. The maximum absolute atomic E-state index is 13.0. The number of ether oxygens (including phenoxy) is 1. The number of nitrogens with one attached hydrogen (secondary N) is 1. The molecule has 1 saturated heterocycles. The number of rotatable bonds is 11. The van der Waals surface area contributed by atoms with Crippen LogP contribution in [0.1, 0.15) is 34.4 Å². The summed E-state index contributed by atoms with van der Waals surface area (Å²) in [7, 11) is 0. The lowest BCUT2D eigenvalue weighted by molar-refractivity contribution is -0.129. The largest absolute Gasteiger partial charge is 0.492 e. The molecule has 39 heavy (non-hydrogen) atoms. The highest BCUT2D eigenvalue weighted by atomic mass is 35.5. The van der Waals surface area contributed by atoms with E-state index < -0.39 is 0 Å². The number of amides is 1. The zero-order valence-corrected chi connectivity index (χ0v) is 22.3. The number of benzene rings is 3. The monoisotopic (exact) mass is 539 g/mol. The maximum Gasteiger partial charge on any atom is 0.240 e. The molecule has 8 heteroatoms. The number of likely N-dealkylation sites (tertiary alicyclic amines) is 1. The van der Waals surface area contributed by atoms with E-state index in [4.69, 9.17) is 16.3 Å². The van der Waals surface area contributed by atoms with Gasteiger partial charge >= 0.3 is 0 Å². The standard InChI is InChI=1S/C31H30ClN5O2/c32-27-8-4-7-24(15-27)20-36-13-11-29(31(36)38)35-19-28-18-34-22-37(28)21-25-9-10-26(17-33)30(16-25)39-14-12-23-5-2-1-3-6-23/h1-10,15-16,18,22,29,35H,11-14,19-21H2. The first-order valence-corrected chi connectivity index (χ1v) is 13.4. The molecule has 198 valence electrons. The molecular formula is C31H30ClN5O2. The van der Waals surface area contributed by atoms with Gasteiger partial charge in [-0.2, -0.15) is 5.26 Å². The highest BCUT2D eigenvalue weighted by molar-refractivity contribution is 6.30. The first kappa shape index (κ1) is 26.5. The number of nitrogens with zero attached hydrogens (tertiary/aromatic N) is 4. The Morgan fingerprint density at radius 1 is 1.03 bits per heavy atom. The molecule has 0 saturated carbocycles. The van der Waals surface area contributed by atoms with Crippen LogP contribution in [-0.2, 0) is 30.8 Å². The highest BCUT2D eigenvalue weighted by Crippen LogP contribution is 2.22. The first-order valence-electron chi connectivity index (χ1n) is 13.0. The van der Waals surface area contributed by atoms with Crippen LogP contribution in [0.2, 0.25) is 5.02 Å². The summed E-state index contributed by atoms with van der Waals surface area (Å²) in [6, 6.07) is 25.4. The van der Waals surface area contributed by atoms with Crippen molar-refractivity contribution in [2.75, 3.05) is 13.2 Å². The number of carbonyl (C=O) groups is 1. The van der Waals surface area contributed by atoms with Crippen LogP contribution < -0.4 is 10.1 Å². The lowest BCUT2D eigenvalue weighted by Gasteiger charge is -2.18. The molecule has 1 aliphatic rings. The van der Waals surface area contributed by atoms with E-state index in [1.54, 1.807) is 12.4 Å². The Kier molecular flexibility index (Phi) is 8.57. The third-order valence-corrected chi connectivity index (χ3v) is 7.13. The Bertz CT molecular complexity index is 1460. The zero-order chi connectivity index (χ0) is 27.0. The van der Waals surface area contributed by atoms with Crippen molar-refractivity contribution in [1.29, 1.82) is 5.26 Å². The predicted molar refractivity (Wildman–Crippen MR) is 150 cm³/mol. The summed E-state index contributed by atoms with van der Waals surface area (Å²) in [5.74, 6) is 0.687. The Balaban J connectivity index is 1.17. The second-order valence-electron chi connectivity index (χ2n) is 9.65. The Morgan fingerprint density at radius 2 is 1.85 bits per heavy atom. The summed E-state index contributed by atoms with van der Waals surface area (Å²) >= 11 is 6.10. The second-order valence-corrected chi connectivity index (χ2v) is 10.1. The number of halogens is 1. The number of aromatic nitrogens is 2. The van der Waals surface area contributed by atoms with E-state index in [1.165, 1.54) is 5.56 Å². The molecule has 1 aromatic heterocycles. The minimum absolute atomic E-state index is 0.102. The molecule has 1 amide bonds. The molecule has 0 spiro atoms. The van der Waals surface area contributed by atoms with Gasteiger partial charge in [-0.3, -0.25) is 4.79 Å². The third kappa shape index (κ3) is 6.85. The molecule has 1 atom stereocenters. The molecule has 5 rings (SSSR count). The minimum atomic E-state index is -0.230. The van der Waals surface area contributed by atoms with Crippen molar-refractivity contribution < 1.29 is 9.53 Å². The van der Waals surface area contributed by atoms with E-state index in [1.807, 2.05) is 70.3 Å². The van der Waals surface area contributed by atoms with Crippen molar-refractivity contribution >= 4 is 17.5 Å². The van der Waals surface area contributed by atoms with Crippen LogP contribution in [0.4, 0.5) is 0 Å². The SMILES string of the molecule is N#Cc1ccc(Cn2cncc2CNC2CCN(Cc3cccc(Cl)c3)C2=O)cc1OCCc1ccccc1. The normalized spacial score (nSPS) is 14.9. The molecule has 0 aliphatic carbocycles. The van der Waals surface area contributed by atoms with Crippen LogP contribution in [0.25, 0.3) is 0 Å². The van der Waals surface area contributed by atoms with E-state index in [0.717, 1.165) is 29.7 Å². The summed E-state index contributed by atoms with van der Waals surface area (Å²) in [6.45, 7) is 2.87. The van der Waals surface area contributed by atoms with Crippen molar-refractivity contribution in [3.05, 3.63) is 118 Å². The molecule has 0 bridgehead atoms. The van der Waals surface area contributed by atoms with E-state index in [9.17, 15) is 10.1 Å². The lowest BCUT2D eigenvalue weighted by Crippen LogP contribution is -2.38. The van der Waals surface area contributed by atoms with Crippen molar-refractivity contribution in [3.8, 4) is 11.8 Å². The molecule has 2 heterocycles. The van der Waals surface area contributed by atoms with E-state index >= 15 is 0 Å². The quantitative estimate of drug-likeness (QED) is 0.291. The van der Waals surface area contributed by atoms with Crippen LogP contribution in [0, 0.1) is 11.3 Å². The van der Waals surface area contributed by atoms with Gasteiger partial charge in [0.05, 0.1) is 30.2 Å². The van der Waals surface area contributed by atoms with Crippen LogP contribution in [0.15, 0.2) is 85.3 Å². The van der Waals surface area contributed by atoms with Crippen molar-refractivity contribution in [2.24, 2.45) is 0 Å². The van der Waals surface area contributed by atoms with Crippen molar-refractivity contribution in [2.45, 2.75) is 38.5 Å². The van der Waals surface area contributed by atoms with Gasteiger partial charge in [0.25, 0.3) is 0 Å². The maximum atomic E-state index is 13.0. The average Bonchev–Trinajstić information content (AvgIpc) is 3.54. The van der Waals surface area contributed by atoms with Gasteiger partial charge in [0, 0.05) is 43.8 Å². The Morgan fingerprint density at radius 3 is 2.67 bits per heavy atom. The minimum Gasteiger partial charge on any atom is -0.492 e. The third-order valence-electron chi connectivity index (χ3n) is 6.90. The second kappa shape index (κ2) is 12.6. The van der Waals surface area contributed by atoms with Gasteiger partial charge in [0.15, 0.2) is 0 Å². The number of carbonyl (C=O) groups excluding carboxylic acids is 1. The van der Waals surface area contributed by atoms with Crippen LogP contribution in [-0.4, -0.2) is 39.6 Å². The van der Waals surface area contributed by atoms with E-state index in [-0.39, 0.29) is 11.9 Å². The fourth-order valence-corrected chi connectivity index (χ4v) is 5.02. The van der Waals surface area contributed by atoms with Gasteiger partial charge in [-0.15, -0.1) is 0 Å². The van der Waals surface area contributed by atoms with Crippen molar-refractivity contribution in [3.63, 3.8) is 0 Å². The summed E-state index contributed by atoms with van der Waals surface area (Å²) in [6.07, 6.45) is 5.13. The van der Waals surface area contributed by atoms with Gasteiger partial charge < -0.3 is 19.5 Å². The molecule has 1 unspecified atom stereocenters. The molecule has 7 nitrogen and oxygen atoms in total. The summed E-state index contributed by atoms with van der Waals surface area (Å²) in [5, 5.41) is 13.6. The highest BCUT2D eigenvalue weighted by Gasteiger charge is 2.31. The fraction of sp³-hybridized carbons (Fsp3) is 0.258. The van der Waals surface area contributed by atoms with Gasteiger partial charge in [-0.05, 0) is 47.4 Å². The topological polar surface area (TPSA) is 83.2 Å². The van der Waals surface area contributed by atoms with Crippen LogP contribution in [0.5, 0.6) is 5.75 Å². The van der Waals surface area contributed by atoms with Gasteiger partial charge in [-0.25, -0.2) is 4.98 Å². The van der Waals surface area contributed by atoms with Crippen LogP contribution >= 0.6 is 11.6 Å². The number of nitriles is 1. The molecule has 0 radical (unpaired) electrons. The van der Waals surface area contributed by atoms with Gasteiger partial charge in [-0.1, -0.05) is 60.1 Å². The number of hydrogen-bond donors (Lipinski definition) is 1. The lowest BCUT2D eigenvalue weighted by atomic mass is 10.1. The smallest absolute Gasteiger partial charge is 0.240 e. The molecule has 4 aromatic rings. The zero-order valence-electron chi connectivity index (χ0n) is 21.6. The summed E-state index contributed by atoms with van der Waals surface area (Å²) in [5.41, 5.74) is 4.72. The van der Waals surface area contributed by atoms with Gasteiger partial charge in [0.2, 0.25) is 5.91 Å². The number of imidazole rings is 1.